The number of rotatable bonds is 10. The summed E-state index contributed by atoms with van der Waals surface area (Å²) in [7, 11) is 1.51. The highest BCUT2D eigenvalue weighted by atomic mass is 16.6. The van der Waals surface area contributed by atoms with Crippen LogP contribution in [0, 0.1) is 10.1 Å². The summed E-state index contributed by atoms with van der Waals surface area (Å²) in [6.07, 6.45) is 3.78. The van der Waals surface area contributed by atoms with Crippen LogP contribution in [0.5, 0.6) is 11.5 Å². The van der Waals surface area contributed by atoms with Crippen molar-refractivity contribution in [3.8, 4) is 11.5 Å². The molecule has 1 aliphatic rings. The summed E-state index contributed by atoms with van der Waals surface area (Å²) in [6, 6.07) is 18.4. The minimum absolute atomic E-state index is 0.00181. The molecule has 0 aliphatic carbocycles. The molecule has 3 aromatic rings. The van der Waals surface area contributed by atoms with Gasteiger partial charge in [0.25, 0.3) is 11.6 Å². The molecule has 0 radical (unpaired) electrons. The first-order valence-corrected chi connectivity index (χ1v) is 11.5. The van der Waals surface area contributed by atoms with Crippen molar-refractivity contribution >= 4 is 23.7 Å². The highest BCUT2D eigenvalue weighted by Crippen LogP contribution is 2.35. The third-order valence-corrected chi connectivity index (χ3v) is 5.73. The summed E-state index contributed by atoms with van der Waals surface area (Å²) in [6.45, 7) is 4.15. The van der Waals surface area contributed by atoms with E-state index in [0.29, 0.717) is 23.5 Å². The molecular formula is C28H25N3O6. The molecule has 3 amide bonds. The fraction of sp³-hybridized carbons (Fsp3) is 0.143. The SMILES string of the molecule is C=CCc1cc(/C=C2/NC(=O)N(Cc3ccccc3)C2=O)cc(OC)c1OCc1ccc([N+](=O)[O-])cc1. The Morgan fingerprint density at radius 3 is 2.43 bits per heavy atom. The monoisotopic (exact) mass is 499 g/mol. The number of methoxy groups -OCH3 is 1. The summed E-state index contributed by atoms with van der Waals surface area (Å²) < 4.78 is 11.6. The Hall–Kier alpha value is -4.92. The number of amides is 3. The summed E-state index contributed by atoms with van der Waals surface area (Å²) in [5.74, 6) is 0.512. The average molecular weight is 500 g/mol. The van der Waals surface area contributed by atoms with Gasteiger partial charge < -0.3 is 14.8 Å². The number of carbonyl (C=O) groups excluding carboxylic acids is 2. The van der Waals surface area contributed by atoms with E-state index in [1.807, 2.05) is 36.4 Å². The zero-order valence-electron chi connectivity index (χ0n) is 20.2. The number of allylic oxidation sites excluding steroid dienone is 1. The van der Waals surface area contributed by atoms with Crippen molar-refractivity contribution in [3.05, 3.63) is 117 Å². The second-order valence-corrected chi connectivity index (χ2v) is 8.28. The zero-order valence-corrected chi connectivity index (χ0v) is 20.2. The molecule has 0 atom stereocenters. The number of non-ortho nitro benzene ring substituents is 1. The Labute approximate surface area is 213 Å². The Bertz CT molecular complexity index is 1370. The van der Waals surface area contributed by atoms with Gasteiger partial charge in [-0.3, -0.25) is 19.8 Å². The fourth-order valence-electron chi connectivity index (χ4n) is 3.91. The minimum Gasteiger partial charge on any atom is -0.493 e. The van der Waals surface area contributed by atoms with Gasteiger partial charge in [-0.05, 0) is 53.5 Å². The molecule has 9 nitrogen and oxygen atoms in total. The summed E-state index contributed by atoms with van der Waals surface area (Å²) in [5.41, 5.74) is 3.16. The van der Waals surface area contributed by atoms with Crippen molar-refractivity contribution in [2.45, 2.75) is 19.6 Å². The highest BCUT2D eigenvalue weighted by Gasteiger charge is 2.33. The Kier molecular flexibility index (Phi) is 7.63. The summed E-state index contributed by atoms with van der Waals surface area (Å²) >= 11 is 0. The number of benzene rings is 3. The van der Waals surface area contributed by atoms with Crippen molar-refractivity contribution in [1.82, 2.24) is 10.2 Å². The smallest absolute Gasteiger partial charge is 0.329 e. The van der Waals surface area contributed by atoms with Crippen molar-refractivity contribution < 1.29 is 24.0 Å². The van der Waals surface area contributed by atoms with E-state index in [0.717, 1.165) is 21.6 Å². The van der Waals surface area contributed by atoms with E-state index in [1.54, 1.807) is 30.4 Å². The van der Waals surface area contributed by atoms with E-state index < -0.39 is 16.9 Å². The number of nitro groups is 1. The molecule has 9 heteroatoms. The van der Waals surface area contributed by atoms with Gasteiger partial charge in [0, 0.05) is 17.7 Å². The molecule has 1 heterocycles. The number of hydrogen-bond acceptors (Lipinski definition) is 6. The molecule has 0 bridgehead atoms. The number of nitrogens with one attached hydrogen (secondary N) is 1. The van der Waals surface area contributed by atoms with Gasteiger partial charge in [-0.2, -0.15) is 0 Å². The zero-order chi connectivity index (χ0) is 26.4. The van der Waals surface area contributed by atoms with E-state index in [4.69, 9.17) is 9.47 Å². The van der Waals surface area contributed by atoms with E-state index in [2.05, 4.69) is 11.9 Å². The number of imide groups is 1. The first kappa shape index (κ1) is 25.2. The second kappa shape index (κ2) is 11.2. The van der Waals surface area contributed by atoms with Crippen LogP contribution in [0.15, 0.2) is 85.1 Å². The Morgan fingerprint density at radius 2 is 1.78 bits per heavy atom. The molecule has 37 heavy (non-hydrogen) atoms. The third-order valence-electron chi connectivity index (χ3n) is 5.73. The van der Waals surface area contributed by atoms with Gasteiger partial charge in [0.15, 0.2) is 11.5 Å². The van der Waals surface area contributed by atoms with Crippen molar-refractivity contribution in [2.24, 2.45) is 0 Å². The average Bonchev–Trinajstić information content (AvgIpc) is 3.16. The maximum absolute atomic E-state index is 12.9. The number of nitrogens with zero attached hydrogens (tertiary/aromatic N) is 2. The lowest BCUT2D eigenvalue weighted by Crippen LogP contribution is -2.30. The third kappa shape index (κ3) is 5.84. The first-order chi connectivity index (χ1) is 17.9. The number of nitro benzene ring substituents is 1. The van der Waals surface area contributed by atoms with Crippen molar-refractivity contribution in [1.29, 1.82) is 0 Å². The lowest BCUT2D eigenvalue weighted by Gasteiger charge is -2.16. The van der Waals surface area contributed by atoms with Crippen LogP contribution in [0.2, 0.25) is 0 Å². The van der Waals surface area contributed by atoms with Gasteiger partial charge in [-0.25, -0.2) is 4.79 Å². The summed E-state index contributed by atoms with van der Waals surface area (Å²) in [5, 5.41) is 13.5. The predicted octanol–water partition coefficient (Wildman–Crippen LogP) is 5.00. The first-order valence-electron chi connectivity index (χ1n) is 11.5. The standard InChI is InChI=1S/C28H25N3O6/c1-3-7-22-14-21(15-24-27(32)30(28(33)29-24)17-19-8-5-4-6-9-19)16-25(36-2)26(22)37-18-20-10-12-23(13-11-20)31(34)35/h3-6,8-16H,1,7,17-18H2,2H3,(H,29,33)/b24-15+. The van der Waals surface area contributed by atoms with Gasteiger partial charge in [0.1, 0.15) is 12.3 Å². The Balaban J connectivity index is 1.57. The van der Waals surface area contributed by atoms with Gasteiger partial charge >= 0.3 is 6.03 Å². The van der Waals surface area contributed by atoms with Crippen LogP contribution in [0.25, 0.3) is 6.08 Å². The van der Waals surface area contributed by atoms with Crippen molar-refractivity contribution in [3.63, 3.8) is 0 Å². The van der Waals surface area contributed by atoms with Crippen LogP contribution >= 0.6 is 0 Å². The number of ether oxygens (including phenoxy) is 2. The molecule has 188 valence electrons. The quantitative estimate of drug-likeness (QED) is 0.138. The van der Waals surface area contributed by atoms with Gasteiger partial charge in [-0.15, -0.1) is 6.58 Å². The molecule has 4 rings (SSSR count). The van der Waals surface area contributed by atoms with Crippen molar-refractivity contribution in [2.75, 3.05) is 7.11 Å². The number of hydrogen-bond donors (Lipinski definition) is 1. The van der Waals surface area contributed by atoms with Gasteiger partial charge in [0.05, 0.1) is 18.6 Å². The van der Waals surface area contributed by atoms with E-state index in [9.17, 15) is 19.7 Å². The number of urea groups is 1. The molecule has 0 aromatic heterocycles. The van der Waals surface area contributed by atoms with E-state index >= 15 is 0 Å². The van der Waals surface area contributed by atoms with Gasteiger partial charge in [0.2, 0.25) is 0 Å². The van der Waals surface area contributed by atoms with Crippen LogP contribution < -0.4 is 14.8 Å². The van der Waals surface area contributed by atoms with Gasteiger partial charge in [-0.1, -0.05) is 36.4 Å². The second-order valence-electron chi connectivity index (χ2n) is 8.28. The molecule has 0 spiro atoms. The maximum Gasteiger partial charge on any atom is 0.329 e. The van der Waals surface area contributed by atoms with E-state index in [1.165, 1.54) is 19.2 Å². The van der Waals surface area contributed by atoms with Crippen LogP contribution in [0.4, 0.5) is 10.5 Å². The number of carbonyl (C=O) groups is 2. The lowest BCUT2D eigenvalue weighted by atomic mass is 10.0. The predicted molar refractivity (Wildman–Crippen MR) is 138 cm³/mol. The molecule has 1 saturated heterocycles. The molecule has 1 fully saturated rings. The maximum atomic E-state index is 12.9. The highest BCUT2D eigenvalue weighted by molar-refractivity contribution is 6.13. The molecule has 0 saturated carbocycles. The van der Waals surface area contributed by atoms with Crippen LogP contribution in [0.1, 0.15) is 22.3 Å². The normalized spacial score (nSPS) is 14.0. The largest absolute Gasteiger partial charge is 0.493 e. The molecule has 3 aromatic carbocycles. The van der Waals surface area contributed by atoms with Crippen LogP contribution in [-0.2, 0) is 24.4 Å². The Morgan fingerprint density at radius 1 is 1.05 bits per heavy atom. The molecule has 0 unspecified atom stereocenters. The topological polar surface area (TPSA) is 111 Å². The van der Waals surface area contributed by atoms with Crippen LogP contribution in [-0.4, -0.2) is 28.9 Å². The molecular weight excluding hydrogens is 474 g/mol. The molecule has 1 N–H and O–H groups in total. The fourth-order valence-corrected chi connectivity index (χ4v) is 3.91. The van der Waals surface area contributed by atoms with Crippen LogP contribution in [0.3, 0.4) is 0 Å². The minimum atomic E-state index is -0.485. The van der Waals surface area contributed by atoms with E-state index in [-0.39, 0.29) is 24.5 Å². The molecule has 1 aliphatic heterocycles. The lowest BCUT2D eigenvalue weighted by molar-refractivity contribution is -0.384. The summed E-state index contributed by atoms with van der Waals surface area (Å²) in [4.78, 5) is 37.0.